The maximum atomic E-state index is 14.6. The van der Waals surface area contributed by atoms with Gasteiger partial charge in [0, 0.05) is 48.5 Å². The van der Waals surface area contributed by atoms with Crippen molar-refractivity contribution in [1.82, 2.24) is 4.90 Å². The summed E-state index contributed by atoms with van der Waals surface area (Å²) in [5.41, 5.74) is 3.76. The average molecular weight is 505 g/mol. The molecule has 2 aliphatic heterocycles. The monoisotopic (exact) mass is 504 g/mol. The number of fused-ring (bicyclic) bond motifs is 1. The second-order valence-electron chi connectivity index (χ2n) is 10.0. The van der Waals surface area contributed by atoms with Crippen LogP contribution in [-0.4, -0.2) is 42.9 Å². The Labute approximate surface area is 215 Å². The number of likely N-dealkylation sites (tertiary alicyclic amines) is 1. The number of rotatable bonds is 7. The van der Waals surface area contributed by atoms with Gasteiger partial charge in [0.2, 0.25) is 0 Å². The second-order valence-corrected chi connectivity index (χ2v) is 10.0. The summed E-state index contributed by atoms with van der Waals surface area (Å²) in [6.07, 6.45) is 2.34. The highest BCUT2D eigenvalue weighted by Gasteiger charge is 2.37. The molecule has 2 aromatic rings. The summed E-state index contributed by atoms with van der Waals surface area (Å²) in [4.78, 5) is 2.17. The summed E-state index contributed by atoms with van der Waals surface area (Å²) in [6.45, 7) is 6.44. The number of ether oxygens (including phenoxy) is 2. The second kappa shape index (κ2) is 10.4. The number of hydrogen-bond acceptors (Lipinski definition) is 5. The fourth-order valence-corrected chi connectivity index (χ4v) is 5.45. The number of phenols is 1. The fraction of sp³-hybridized carbons (Fsp3) is 0.367. The van der Waals surface area contributed by atoms with Crippen molar-refractivity contribution >= 4 is 5.57 Å². The lowest BCUT2D eigenvalue weighted by molar-refractivity contribution is 0.0668. The predicted molar refractivity (Wildman–Crippen MR) is 137 cm³/mol. The first-order valence-electron chi connectivity index (χ1n) is 12.6. The molecule has 5 nitrogen and oxygen atoms in total. The molecule has 0 amide bonds. The number of halogens is 2. The third kappa shape index (κ3) is 4.99. The highest BCUT2D eigenvalue weighted by Crippen LogP contribution is 2.49. The van der Waals surface area contributed by atoms with Crippen LogP contribution >= 0.6 is 0 Å². The molecule has 2 aromatic carbocycles. The Morgan fingerprint density at radius 2 is 1.95 bits per heavy atom. The molecule has 5 rings (SSSR count). The van der Waals surface area contributed by atoms with Crippen molar-refractivity contribution in [2.75, 3.05) is 32.9 Å². The van der Waals surface area contributed by atoms with Crippen molar-refractivity contribution in [2.24, 2.45) is 17.8 Å². The van der Waals surface area contributed by atoms with Crippen LogP contribution in [0.4, 0.5) is 8.78 Å². The number of phenolic OH excluding ortho intramolecular Hbond substituents is 1. The van der Waals surface area contributed by atoms with Gasteiger partial charge in [-0.2, -0.15) is 5.26 Å². The van der Waals surface area contributed by atoms with Gasteiger partial charge in [-0.05, 0) is 66.1 Å². The largest absolute Gasteiger partial charge is 0.508 e. The van der Waals surface area contributed by atoms with Crippen LogP contribution in [0, 0.1) is 29.1 Å². The number of nitriles is 1. The zero-order valence-electron chi connectivity index (χ0n) is 21.0. The highest BCUT2D eigenvalue weighted by atomic mass is 19.1. The molecule has 3 unspecified atom stereocenters. The summed E-state index contributed by atoms with van der Waals surface area (Å²) < 4.78 is 39.6. The molecule has 0 saturated carbocycles. The van der Waals surface area contributed by atoms with E-state index in [2.05, 4.69) is 11.0 Å². The zero-order valence-corrected chi connectivity index (χ0v) is 21.0. The van der Waals surface area contributed by atoms with Gasteiger partial charge >= 0.3 is 0 Å². The molecular weight excluding hydrogens is 474 g/mol. The standard InChI is InChI=1S/C30H30F2N2O3/c1-18-22(15-33)11-23(32)12-27(18)29-19(2)26-13-24(35)5-8-28(26)37-30(29)21-3-6-25(7-4-21)36-10-9-34-16-20(14-31)17-34/h3-8,11-13,18,20,27,30,35H,9-10,14,16-17H2,1-2H3. The third-order valence-corrected chi connectivity index (χ3v) is 7.59. The molecule has 1 N–H and O–H groups in total. The van der Waals surface area contributed by atoms with E-state index in [0.717, 1.165) is 47.7 Å². The van der Waals surface area contributed by atoms with Gasteiger partial charge < -0.3 is 14.6 Å². The number of alkyl halides is 1. The van der Waals surface area contributed by atoms with Crippen molar-refractivity contribution in [1.29, 1.82) is 5.26 Å². The van der Waals surface area contributed by atoms with E-state index in [0.29, 0.717) is 17.9 Å². The van der Waals surface area contributed by atoms with Gasteiger partial charge in [-0.3, -0.25) is 9.29 Å². The van der Waals surface area contributed by atoms with Crippen LogP contribution in [-0.2, 0) is 0 Å². The summed E-state index contributed by atoms with van der Waals surface area (Å²) in [7, 11) is 0. The number of allylic oxidation sites excluding steroid dienone is 5. The van der Waals surface area contributed by atoms with Crippen LogP contribution in [0.15, 0.2) is 71.6 Å². The number of aromatic hydroxyl groups is 1. The van der Waals surface area contributed by atoms with Gasteiger partial charge in [-0.15, -0.1) is 0 Å². The van der Waals surface area contributed by atoms with E-state index in [9.17, 15) is 19.1 Å². The Morgan fingerprint density at radius 3 is 2.65 bits per heavy atom. The molecule has 1 fully saturated rings. The normalized spacial score (nSPS) is 23.8. The fourth-order valence-electron chi connectivity index (χ4n) is 5.45. The number of benzene rings is 2. The van der Waals surface area contributed by atoms with Crippen LogP contribution in [0.3, 0.4) is 0 Å². The first-order chi connectivity index (χ1) is 17.9. The van der Waals surface area contributed by atoms with E-state index in [1.807, 2.05) is 38.1 Å². The van der Waals surface area contributed by atoms with Crippen LogP contribution in [0.25, 0.3) is 5.57 Å². The van der Waals surface area contributed by atoms with E-state index in [1.165, 1.54) is 6.08 Å². The number of hydrogen-bond donors (Lipinski definition) is 1. The Balaban J connectivity index is 1.41. The Hall–Kier alpha value is -3.63. The van der Waals surface area contributed by atoms with E-state index in [1.54, 1.807) is 24.3 Å². The Bertz CT molecular complexity index is 1300. The molecule has 3 aliphatic rings. The predicted octanol–water partition coefficient (Wildman–Crippen LogP) is 6.15. The molecule has 2 heterocycles. The van der Waals surface area contributed by atoms with E-state index in [4.69, 9.17) is 9.47 Å². The van der Waals surface area contributed by atoms with E-state index in [-0.39, 0.29) is 30.2 Å². The summed E-state index contributed by atoms with van der Waals surface area (Å²) >= 11 is 0. The molecule has 0 radical (unpaired) electrons. The van der Waals surface area contributed by atoms with Crippen molar-refractivity contribution in [3.05, 3.63) is 82.7 Å². The quantitative estimate of drug-likeness (QED) is 0.490. The molecule has 0 aromatic heterocycles. The lowest BCUT2D eigenvalue weighted by Crippen LogP contribution is -2.49. The van der Waals surface area contributed by atoms with Gasteiger partial charge in [0.15, 0.2) is 0 Å². The summed E-state index contributed by atoms with van der Waals surface area (Å²) in [6, 6.07) is 14.8. The van der Waals surface area contributed by atoms with Crippen molar-refractivity contribution in [3.8, 4) is 23.3 Å². The van der Waals surface area contributed by atoms with Gasteiger partial charge in [0.25, 0.3) is 0 Å². The highest BCUT2D eigenvalue weighted by molar-refractivity contribution is 5.76. The molecule has 0 bridgehead atoms. The minimum absolute atomic E-state index is 0.121. The van der Waals surface area contributed by atoms with Gasteiger partial charge in [-0.25, -0.2) is 4.39 Å². The lowest BCUT2D eigenvalue weighted by Gasteiger charge is -2.37. The smallest absolute Gasteiger partial charge is 0.146 e. The van der Waals surface area contributed by atoms with Gasteiger partial charge in [0.1, 0.15) is 35.8 Å². The minimum atomic E-state index is -0.501. The maximum Gasteiger partial charge on any atom is 0.146 e. The molecule has 3 atom stereocenters. The molecule has 1 aliphatic carbocycles. The molecule has 192 valence electrons. The summed E-state index contributed by atoms with van der Waals surface area (Å²) in [5, 5.41) is 19.7. The summed E-state index contributed by atoms with van der Waals surface area (Å²) in [5.74, 6) is 0.571. The first-order valence-corrected chi connectivity index (χ1v) is 12.6. The number of nitrogens with zero attached hydrogens (tertiary/aromatic N) is 2. The molecular formula is C30H30F2N2O3. The Kier molecular flexibility index (Phi) is 7.03. The molecule has 7 heteroatoms. The molecule has 37 heavy (non-hydrogen) atoms. The van der Waals surface area contributed by atoms with Crippen LogP contribution in [0.2, 0.25) is 0 Å². The van der Waals surface area contributed by atoms with Crippen molar-refractivity contribution < 1.29 is 23.4 Å². The SMILES string of the molecule is CC1=C(C2C=C(F)C=C(C#N)C2C)C(c2ccc(OCCN3CC(CF)C3)cc2)Oc2ccc(O)cc21. The van der Waals surface area contributed by atoms with Gasteiger partial charge in [-0.1, -0.05) is 19.1 Å². The molecule has 1 saturated heterocycles. The minimum Gasteiger partial charge on any atom is -0.508 e. The Morgan fingerprint density at radius 1 is 1.19 bits per heavy atom. The van der Waals surface area contributed by atoms with Crippen molar-refractivity contribution in [3.63, 3.8) is 0 Å². The lowest BCUT2D eigenvalue weighted by atomic mass is 9.73. The average Bonchev–Trinajstić information content (AvgIpc) is 2.87. The molecule has 0 spiro atoms. The van der Waals surface area contributed by atoms with Crippen LogP contribution < -0.4 is 9.47 Å². The maximum absolute atomic E-state index is 14.6. The first kappa shape index (κ1) is 25.0. The topological polar surface area (TPSA) is 65.7 Å². The zero-order chi connectivity index (χ0) is 26.1. The van der Waals surface area contributed by atoms with Crippen molar-refractivity contribution in [2.45, 2.75) is 20.0 Å². The van der Waals surface area contributed by atoms with Crippen LogP contribution in [0.1, 0.15) is 31.1 Å². The van der Waals surface area contributed by atoms with Gasteiger partial charge in [0.05, 0.1) is 12.7 Å². The van der Waals surface area contributed by atoms with Crippen LogP contribution in [0.5, 0.6) is 17.2 Å². The third-order valence-electron chi connectivity index (χ3n) is 7.59. The van der Waals surface area contributed by atoms with E-state index < -0.39 is 11.9 Å². The van der Waals surface area contributed by atoms with E-state index >= 15 is 0 Å².